The van der Waals surface area contributed by atoms with E-state index in [0.717, 1.165) is 5.56 Å². The standard InChI is InChI=1S/C23H18BrN5O5/c1-2-33-20-10-17(13-27-28-23(30)22-19(29(31)32)8-5-9-26-22)18(24)11-21(20)34-14-16-7-4-3-6-15(16)12-25/h3-11,13H,2,14H2,1H3,(H,28,30)/b27-13+. The van der Waals surface area contributed by atoms with Gasteiger partial charge in [0.2, 0.25) is 5.69 Å². The molecule has 1 aromatic heterocycles. The van der Waals surface area contributed by atoms with Gasteiger partial charge in [-0.2, -0.15) is 10.4 Å². The summed E-state index contributed by atoms with van der Waals surface area (Å²) in [6, 6.07) is 15.2. The van der Waals surface area contributed by atoms with Crippen molar-refractivity contribution < 1.29 is 19.2 Å². The summed E-state index contributed by atoms with van der Waals surface area (Å²) in [7, 11) is 0. The van der Waals surface area contributed by atoms with E-state index in [1.165, 1.54) is 24.5 Å². The normalized spacial score (nSPS) is 10.5. The third-order valence-electron chi connectivity index (χ3n) is 4.45. The third-order valence-corrected chi connectivity index (χ3v) is 5.14. The summed E-state index contributed by atoms with van der Waals surface area (Å²) in [5, 5.41) is 24.2. The second-order valence-electron chi connectivity index (χ2n) is 6.64. The number of pyridine rings is 1. The van der Waals surface area contributed by atoms with E-state index in [1.807, 2.05) is 19.1 Å². The molecule has 0 saturated carbocycles. The molecule has 0 saturated heterocycles. The van der Waals surface area contributed by atoms with E-state index < -0.39 is 16.5 Å². The lowest BCUT2D eigenvalue weighted by Crippen LogP contribution is -2.20. The van der Waals surface area contributed by atoms with Crippen molar-refractivity contribution in [2.75, 3.05) is 6.61 Å². The van der Waals surface area contributed by atoms with Crippen LogP contribution < -0.4 is 14.9 Å². The molecule has 0 aliphatic rings. The minimum atomic E-state index is -0.819. The number of hydrazone groups is 1. The van der Waals surface area contributed by atoms with Crippen molar-refractivity contribution in [1.29, 1.82) is 5.26 Å². The highest BCUT2D eigenvalue weighted by Gasteiger charge is 2.20. The van der Waals surface area contributed by atoms with Crippen LogP contribution in [0, 0.1) is 21.4 Å². The topological polar surface area (TPSA) is 140 Å². The monoisotopic (exact) mass is 523 g/mol. The van der Waals surface area contributed by atoms with Gasteiger partial charge in [0.05, 0.1) is 29.4 Å². The Kier molecular flexibility index (Phi) is 8.26. The average molecular weight is 524 g/mol. The van der Waals surface area contributed by atoms with Crippen LogP contribution in [0.4, 0.5) is 5.69 Å². The Balaban J connectivity index is 1.77. The number of rotatable bonds is 9. The number of amides is 1. The largest absolute Gasteiger partial charge is 0.490 e. The zero-order valence-electron chi connectivity index (χ0n) is 17.9. The van der Waals surface area contributed by atoms with Crippen molar-refractivity contribution in [1.82, 2.24) is 10.4 Å². The van der Waals surface area contributed by atoms with Crippen LogP contribution in [0.15, 0.2) is 64.3 Å². The molecule has 0 spiro atoms. The van der Waals surface area contributed by atoms with E-state index in [0.29, 0.717) is 33.7 Å². The third kappa shape index (κ3) is 5.93. The van der Waals surface area contributed by atoms with E-state index in [4.69, 9.17) is 9.47 Å². The van der Waals surface area contributed by atoms with Gasteiger partial charge < -0.3 is 9.47 Å². The first-order valence-corrected chi connectivity index (χ1v) is 10.7. The summed E-state index contributed by atoms with van der Waals surface area (Å²) in [6.07, 6.45) is 2.64. The van der Waals surface area contributed by atoms with Crippen LogP contribution in [0.5, 0.6) is 11.5 Å². The number of halogens is 1. The number of hydrogen-bond acceptors (Lipinski definition) is 8. The van der Waals surface area contributed by atoms with Gasteiger partial charge in [-0.1, -0.05) is 18.2 Å². The second kappa shape index (κ2) is 11.5. The first-order valence-electron chi connectivity index (χ1n) is 9.94. The van der Waals surface area contributed by atoms with Crippen molar-refractivity contribution >= 4 is 33.7 Å². The van der Waals surface area contributed by atoms with Gasteiger partial charge in [0.1, 0.15) is 6.61 Å². The predicted molar refractivity (Wildman–Crippen MR) is 127 cm³/mol. The predicted octanol–water partition coefficient (Wildman–Crippen LogP) is 4.37. The number of nitro groups is 1. The van der Waals surface area contributed by atoms with Crippen molar-refractivity contribution in [3.63, 3.8) is 0 Å². The van der Waals surface area contributed by atoms with Gasteiger partial charge in [-0.15, -0.1) is 0 Å². The fourth-order valence-corrected chi connectivity index (χ4v) is 3.30. The van der Waals surface area contributed by atoms with Gasteiger partial charge in [-0.25, -0.2) is 10.4 Å². The first-order chi connectivity index (χ1) is 16.4. The number of carbonyl (C=O) groups excluding carboxylic acids is 1. The highest BCUT2D eigenvalue weighted by Crippen LogP contribution is 2.34. The van der Waals surface area contributed by atoms with Crippen LogP contribution in [0.1, 0.15) is 34.1 Å². The summed E-state index contributed by atoms with van der Waals surface area (Å²) in [5.74, 6) is 0.0702. The Morgan fingerprint density at radius 1 is 1.26 bits per heavy atom. The summed E-state index contributed by atoms with van der Waals surface area (Å²) in [5.41, 5.74) is 3.28. The molecular weight excluding hydrogens is 506 g/mol. The minimum Gasteiger partial charge on any atom is -0.490 e. The quantitative estimate of drug-likeness (QED) is 0.249. The van der Waals surface area contributed by atoms with Crippen LogP contribution in [-0.2, 0) is 6.61 Å². The molecule has 34 heavy (non-hydrogen) atoms. The van der Waals surface area contributed by atoms with E-state index in [-0.39, 0.29) is 12.3 Å². The molecule has 1 N–H and O–H groups in total. The van der Waals surface area contributed by atoms with Gasteiger partial charge in [0.25, 0.3) is 5.91 Å². The molecular formula is C23H18BrN5O5. The zero-order chi connectivity index (χ0) is 24.5. The number of nitrogens with zero attached hydrogens (tertiary/aromatic N) is 4. The van der Waals surface area contributed by atoms with Crippen molar-refractivity contribution in [3.8, 4) is 17.6 Å². The highest BCUT2D eigenvalue weighted by molar-refractivity contribution is 9.10. The Labute approximate surface area is 203 Å². The maximum Gasteiger partial charge on any atom is 0.300 e. The highest BCUT2D eigenvalue weighted by atomic mass is 79.9. The molecule has 0 unspecified atom stereocenters. The van der Waals surface area contributed by atoms with Crippen LogP contribution >= 0.6 is 15.9 Å². The number of nitrogens with one attached hydrogen (secondary N) is 1. The van der Waals surface area contributed by atoms with Crippen LogP contribution in [0.25, 0.3) is 0 Å². The molecule has 172 valence electrons. The molecule has 3 aromatic rings. The number of nitriles is 1. The molecule has 0 bridgehead atoms. The minimum absolute atomic E-state index is 0.169. The SMILES string of the molecule is CCOc1cc(/C=N/NC(=O)c2ncccc2[N+](=O)[O-])c(Br)cc1OCc1ccccc1C#N. The Morgan fingerprint density at radius 2 is 2.03 bits per heavy atom. The molecule has 0 atom stereocenters. The van der Waals surface area contributed by atoms with E-state index in [9.17, 15) is 20.2 Å². The molecule has 3 rings (SSSR count). The number of aromatic nitrogens is 1. The van der Waals surface area contributed by atoms with Crippen LogP contribution in [0.3, 0.4) is 0 Å². The number of ether oxygens (including phenoxy) is 2. The molecule has 2 aromatic carbocycles. The van der Waals surface area contributed by atoms with Crippen molar-refractivity contribution in [2.24, 2.45) is 5.10 Å². The first kappa shape index (κ1) is 24.3. The lowest BCUT2D eigenvalue weighted by Gasteiger charge is -2.14. The second-order valence-corrected chi connectivity index (χ2v) is 7.49. The molecule has 1 amide bonds. The Morgan fingerprint density at radius 3 is 2.76 bits per heavy atom. The maximum atomic E-state index is 12.3. The lowest BCUT2D eigenvalue weighted by atomic mass is 10.1. The van der Waals surface area contributed by atoms with E-state index >= 15 is 0 Å². The molecule has 10 nitrogen and oxygen atoms in total. The van der Waals surface area contributed by atoms with Crippen LogP contribution in [-0.4, -0.2) is 28.6 Å². The average Bonchev–Trinajstić information content (AvgIpc) is 2.84. The smallest absolute Gasteiger partial charge is 0.300 e. The van der Waals surface area contributed by atoms with Gasteiger partial charge in [-0.05, 0) is 47.1 Å². The van der Waals surface area contributed by atoms with E-state index in [2.05, 4.69) is 37.5 Å². The van der Waals surface area contributed by atoms with Gasteiger partial charge in [0, 0.05) is 27.9 Å². The summed E-state index contributed by atoms with van der Waals surface area (Å²) in [4.78, 5) is 26.4. The molecule has 11 heteroatoms. The van der Waals surface area contributed by atoms with Crippen LogP contribution in [0.2, 0.25) is 0 Å². The Hall–Kier alpha value is -4.30. The molecule has 0 fully saturated rings. The van der Waals surface area contributed by atoms with Crippen molar-refractivity contribution in [3.05, 3.63) is 91.7 Å². The number of hydrogen-bond donors (Lipinski definition) is 1. The van der Waals surface area contributed by atoms with E-state index in [1.54, 1.807) is 24.3 Å². The molecule has 1 heterocycles. The fourth-order valence-electron chi connectivity index (χ4n) is 2.87. The molecule has 0 aliphatic heterocycles. The maximum absolute atomic E-state index is 12.3. The summed E-state index contributed by atoms with van der Waals surface area (Å²) < 4.78 is 12.2. The molecule has 0 radical (unpaired) electrons. The Bertz CT molecular complexity index is 1290. The number of carbonyl (C=O) groups is 1. The fraction of sp³-hybridized carbons (Fsp3) is 0.130. The summed E-state index contributed by atoms with van der Waals surface area (Å²) in [6.45, 7) is 2.37. The van der Waals surface area contributed by atoms with Gasteiger partial charge in [0.15, 0.2) is 11.5 Å². The van der Waals surface area contributed by atoms with Crippen molar-refractivity contribution in [2.45, 2.75) is 13.5 Å². The zero-order valence-corrected chi connectivity index (χ0v) is 19.5. The molecule has 0 aliphatic carbocycles. The van der Waals surface area contributed by atoms with Gasteiger partial charge in [-0.3, -0.25) is 14.9 Å². The summed E-state index contributed by atoms with van der Waals surface area (Å²) >= 11 is 3.44. The number of benzene rings is 2. The van der Waals surface area contributed by atoms with Gasteiger partial charge >= 0.3 is 5.69 Å². The lowest BCUT2D eigenvalue weighted by molar-refractivity contribution is -0.385.